The lowest BCUT2D eigenvalue weighted by Gasteiger charge is -2.20. The predicted octanol–water partition coefficient (Wildman–Crippen LogP) is 2.75. The van der Waals surface area contributed by atoms with Crippen LogP contribution in [0, 0.1) is 0 Å². The van der Waals surface area contributed by atoms with Crippen molar-refractivity contribution in [3.05, 3.63) is 29.3 Å². The predicted molar refractivity (Wildman–Crippen MR) is 76.7 cm³/mol. The van der Waals surface area contributed by atoms with Crippen molar-refractivity contribution in [2.45, 2.75) is 23.5 Å². The van der Waals surface area contributed by atoms with Crippen LogP contribution >= 0.6 is 23.4 Å². The first-order valence-corrected chi connectivity index (χ1v) is 7.05. The quantitative estimate of drug-likeness (QED) is 0.821. The van der Waals surface area contributed by atoms with Crippen LogP contribution in [0.5, 0.6) is 0 Å². The first kappa shape index (κ1) is 15.9. The third-order valence-electron chi connectivity index (χ3n) is 2.51. The van der Waals surface area contributed by atoms with Gasteiger partial charge in [-0.3, -0.25) is 9.59 Å². The van der Waals surface area contributed by atoms with E-state index in [-0.39, 0.29) is 24.1 Å². The highest BCUT2D eigenvalue weighted by Gasteiger charge is 2.19. The molecular weight excluding hydrogens is 286 g/mol. The van der Waals surface area contributed by atoms with E-state index in [1.54, 1.807) is 26.1 Å². The van der Waals surface area contributed by atoms with Gasteiger partial charge in [0.05, 0.1) is 11.7 Å². The van der Waals surface area contributed by atoms with Crippen LogP contribution in [0.3, 0.4) is 0 Å². The van der Waals surface area contributed by atoms with E-state index in [4.69, 9.17) is 16.7 Å². The second-order valence-electron chi connectivity index (χ2n) is 4.12. The molecule has 1 aromatic carbocycles. The van der Waals surface area contributed by atoms with Crippen LogP contribution in [-0.2, 0) is 9.59 Å². The van der Waals surface area contributed by atoms with Gasteiger partial charge < -0.3 is 10.0 Å². The number of thioether (sulfide) groups is 1. The fourth-order valence-electron chi connectivity index (χ4n) is 1.45. The van der Waals surface area contributed by atoms with Crippen molar-refractivity contribution in [3.8, 4) is 0 Å². The van der Waals surface area contributed by atoms with Crippen LogP contribution < -0.4 is 0 Å². The van der Waals surface area contributed by atoms with E-state index < -0.39 is 5.97 Å². The zero-order valence-electron chi connectivity index (χ0n) is 10.8. The summed E-state index contributed by atoms with van der Waals surface area (Å²) in [6.45, 7) is 2.03. The van der Waals surface area contributed by atoms with Crippen LogP contribution in [0.4, 0.5) is 0 Å². The number of hydrogen-bond acceptors (Lipinski definition) is 3. The molecule has 1 aromatic rings. The molecule has 0 spiro atoms. The Kier molecular flexibility index (Phi) is 6.18. The Morgan fingerprint density at radius 1 is 1.37 bits per heavy atom. The Bertz CT molecular complexity index is 450. The van der Waals surface area contributed by atoms with Crippen LogP contribution in [0.2, 0.25) is 5.02 Å². The van der Waals surface area contributed by atoms with Crippen LogP contribution in [-0.4, -0.2) is 40.7 Å². The lowest BCUT2D eigenvalue weighted by molar-refractivity contribution is -0.138. The molecule has 6 heteroatoms. The molecule has 4 nitrogen and oxygen atoms in total. The molecule has 19 heavy (non-hydrogen) atoms. The second kappa shape index (κ2) is 7.40. The molecule has 1 rings (SSSR count). The van der Waals surface area contributed by atoms with Crippen molar-refractivity contribution in [1.29, 1.82) is 0 Å². The molecule has 0 saturated heterocycles. The maximum Gasteiger partial charge on any atom is 0.305 e. The van der Waals surface area contributed by atoms with Gasteiger partial charge in [0, 0.05) is 23.5 Å². The summed E-state index contributed by atoms with van der Waals surface area (Å²) in [6.07, 6.45) is -0.0411. The van der Waals surface area contributed by atoms with Gasteiger partial charge in [0.25, 0.3) is 0 Å². The summed E-state index contributed by atoms with van der Waals surface area (Å²) >= 11 is 7.22. The molecule has 0 aliphatic carbocycles. The third kappa shape index (κ3) is 5.53. The second-order valence-corrected chi connectivity index (χ2v) is 5.97. The van der Waals surface area contributed by atoms with E-state index in [1.807, 2.05) is 12.1 Å². The molecule has 0 heterocycles. The maximum absolute atomic E-state index is 12.0. The number of halogens is 1. The summed E-state index contributed by atoms with van der Waals surface area (Å²) < 4.78 is 0. The van der Waals surface area contributed by atoms with Crippen molar-refractivity contribution < 1.29 is 14.7 Å². The monoisotopic (exact) mass is 301 g/mol. The standard InChI is InChI=1S/C13H16ClNO3S/c1-9(13(18)15(2)8-7-12(16)17)19-11-5-3-10(14)4-6-11/h3-6,9H,7-8H2,1-2H3,(H,16,17). The Morgan fingerprint density at radius 2 is 1.95 bits per heavy atom. The molecule has 0 fully saturated rings. The van der Waals surface area contributed by atoms with Crippen molar-refractivity contribution in [3.63, 3.8) is 0 Å². The molecule has 1 amide bonds. The smallest absolute Gasteiger partial charge is 0.305 e. The minimum absolute atomic E-state index is 0.0411. The van der Waals surface area contributed by atoms with Crippen LogP contribution in [0.25, 0.3) is 0 Å². The zero-order chi connectivity index (χ0) is 14.4. The number of aliphatic carboxylic acids is 1. The Morgan fingerprint density at radius 3 is 2.47 bits per heavy atom. The van der Waals surface area contributed by atoms with Gasteiger partial charge in [-0.2, -0.15) is 0 Å². The first-order chi connectivity index (χ1) is 8.90. The summed E-state index contributed by atoms with van der Waals surface area (Å²) in [5, 5.41) is 8.98. The van der Waals surface area contributed by atoms with E-state index in [9.17, 15) is 9.59 Å². The first-order valence-electron chi connectivity index (χ1n) is 5.79. The van der Waals surface area contributed by atoms with E-state index >= 15 is 0 Å². The van der Waals surface area contributed by atoms with Gasteiger partial charge in [-0.05, 0) is 31.2 Å². The van der Waals surface area contributed by atoms with Gasteiger partial charge >= 0.3 is 5.97 Å². The molecule has 1 atom stereocenters. The molecule has 1 unspecified atom stereocenters. The van der Waals surface area contributed by atoms with Gasteiger partial charge in [0.1, 0.15) is 0 Å². The summed E-state index contributed by atoms with van der Waals surface area (Å²) in [5.74, 6) is -0.987. The molecule has 0 radical (unpaired) electrons. The number of hydrogen-bond donors (Lipinski definition) is 1. The van der Waals surface area contributed by atoms with Crippen LogP contribution in [0.15, 0.2) is 29.2 Å². The molecule has 1 N–H and O–H groups in total. The summed E-state index contributed by atoms with van der Waals surface area (Å²) in [7, 11) is 1.62. The van der Waals surface area contributed by atoms with Gasteiger partial charge in [-0.15, -0.1) is 11.8 Å². The fourth-order valence-corrected chi connectivity index (χ4v) is 2.56. The van der Waals surface area contributed by atoms with Crippen molar-refractivity contribution in [2.75, 3.05) is 13.6 Å². The van der Waals surface area contributed by atoms with Crippen molar-refractivity contribution >= 4 is 35.2 Å². The van der Waals surface area contributed by atoms with Crippen molar-refractivity contribution in [1.82, 2.24) is 4.90 Å². The number of benzene rings is 1. The molecule has 0 aromatic heterocycles. The van der Waals surface area contributed by atoms with Crippen molar-refractivity contribution in [2.24, 2.45) is 0 Å². The molecule has 0 bridgehead atoms. The summed E-state index contributed by atoms with van der Waals surface area (Å²) in [4.78, 5) is 24.9. The topological polar surface area (TPSA) is 57.6 Å². The van der Waals surface area contributed by atoms with E-state index in [2.05, 4.69) is 0 Å². The average molecular weight is 302 g/mol. The number of amides is 1. The Labute approximate surface area is 121 Å². The summed E-state index contributed by atoms with van der Waals surface area (Å²) in [5.41, 5.74) is 0. The molecule has 104 valence electrons. The fraction of sp³-hybridized carbons (Fsp3) is 0.385. The highest BCUT2D eigenvalue weighted by atomic mass is 35.5. The lowest BCUT2D eigenvalue weighted by atomic mass is 10.3. The van der Waals surface area contributed by atoms with Crippen LogP contribution in [0.1, 0.15) is 13.3 Å². The Balaban J connectivity index is 2.52. The number of carboxylic acid groups (broad SMARTS) is 1. The lowest BCUT2D eigenvalue weighted by Crippen LogP contribution is -2.34. The number of nitrogens with zero attached hydrogens (tertiary/aromatic N) is 1. The van der Waals surface area contributed by atoms with Gasteiger partial charge in [0.2, 0.25) is 5.91 Å². The van der Waals surface area contributed by atoms with E-state index in [0.717, 1.165) is 4.90 Å². The SMILES string of the molecule is CC(Sc1ccc(Cl)cc1)C(=O)N(C)CCC(=O)O. The van der Waals surface area contributed by atoms with Gasteiger partial charge in [0.15, 0.2) is 0 Å². The maximum atomic E-state index is 12.0. The molecule has 0 saturated carbocycles. The van der Waals surface area contributed by atoms with Gasteiger partial charge in [-0.1, -0.05) is 11.6 Å². The number of rotatable bonds is 6. The molecule has 0 aliphatic rings. The molecule has 0 aliphatic heterocycles. The minimum Gasteiger partial charge on any atom is -0.481 e. The highest BCUT2D eigenvalue weighted by Crippen LogP contribution is 2.25. The number of carboxylic acids is 1. The Hall–Kier alpha value is -1.20. The largest absolute Gasteiger partial charge is 0.481 e. The number of carbonyl (C=O) groups is 2. The average Bonchev–Trinajstić information content (AvgIpc) is 2.37. The summed E-state index contributed by atoms with van der Waals surface area (Å²) in [6, 6.07) is 7.26. The highest BCUT2D eigenvalue weighted by molar-refractivity contribution is 8.00. The molecular formula is C13H16ClNO3S. The number of carbonyl (C=O) groups excluding carboxylic acids is 1. The van der Waals surface area contributed by atoms with E-state index in [0.29, 0.717) is 5.02 Å². The third-order valence-corrected chi connectivity index (χ3v) is 3.86. The zero-order valence-corrected chi connectivity index (χ0v) is 12.4. The van der Waals surface area contributed by atoms with Gasteiger partial charge in [-0.25, -0.2) is 0 Å². The normalized spacial score (nSPS) is 11.9. The van der Waals surface area contributed by atoms with E-state index in [1.165, 1.54) is 16.7 Å². The minimum atomic E-state index is -0.905.